The van der Waals surface area contributed by atoms with E-state index in [-0.39, 0.29) is 30.1 Å². The van der Waals surface area contributed by atoms with Gasteiger partial charge in [0.25, 0.3) is 5.91 Å². The third-order valence-corrected chi connectivity index (χ3v) is 6.51. The molecule has 178 valence electrons. The summed E-state index contributed by atoms with van der Waals surface area (Å²) in [7, 11) is 0. The van der Waals surface area contributed by atoms with Crippen molar-refractivity contribution in [1.29, 1.82) is 0 Å². The average Bonchev–Trinajstić information content (AvgIpc) is 3.40. The molecule has 0 bridgehead atoms. The molecule has 1 spiro atoms. The first kappa shape index (κ1) is 22.9. The molecule has 1 N–H and O–H groups in total. The molecule has 9 heteroatoms. The molecule has 0 radical (unpaired) electrons. The number of likely N-dealkylation sites (tertiary alicyclic amines) is 1. The van der Waals surface area contributed by atoms with Gasteiger partial charge in [0.1, 0.15) is 5.82 Å². The van der Waals surface area contributed by atoms with E-state index in [4.69, 9.17) is 21.1 Å². The highest BCUT2D eigenvalue weighted by molar-refractivity contribution is 6.34. The highest BCUT2D eigenvalue weighted by atomic mass is 35.5. The number of carbonyl (C=O) groups is 3. The minimum Gasteiger partial charge on any atom is -0.450 e. The van der Waals surface area contributed by atoms with E-state index in [0.717, 1.165) is 5.56 Å². The van der Waals surface area contributed by atoms with Crippen LogP contribution in [-0.4, -0.2) is 47.6 Å². The van der Waals surface area contributed by atoms with Crippen molar-refractivity contribution in [1.82, 2.24) is 9.88 Å². The van der Waals surface area contributed by atoms with Crippen LogP contribution in [0.5, 0.6) is 0 Å². The van der Waals surface area contributed by atoms with Crippen LogP contribution in [0.3, 0.4) is 0 Å². The largest absolute Gasteiger partial charge is 0.450 e. The molecule has 0 aliphatic carbocycles. The Morgan fingerprint density at radius 3 is 2.80 bits per heavy atom. The Morgan fingerprint density at radius 2 is 2.00 bits per heavy atom. The van der Waals surface area contributed by atoms with E-state index < -0.39 is 11.7 Å². The number of hydrogen-bond acceptors (Lipinski definition) is 6. The molecule has 2 aliphatic heterocycles. The number of rotatable bonds is 4. The minimum absolute atomic E-state index is 0.232. The SMILES string of the molecule is CCOC(=O)Nc1cccc(-c2ccc(C(=O)N3CC[C@@]4(C3)OC(=O)c3ccccc34)c(Cl)c2)n1. The predicted octanol–water partition coefficient (Wildman–Crippen LogP) is 4.88. The molecule has 5 rings (SSSR count). The Hall–Kier alpha value is -3.91. The summed E-state index contributed by atoms with van der Waals surface area (Å²) >= 11 is 6.52. The summed E-state index contributed by atoms with van der Waals surface area (Å²) in [5.41, 5.74) is 2.18. The molecule has 1 fully saturated rings. The Morgan fingerprint density at radius 1 is 1.17 bits per heavy atom. The van der Waals surface area contributed by atoms with Crippen LogP contribution >= 0.6 is 11.6 Å². The van der Waals surface area contributed by atoms with Gasteiger partial charge >= 0.3 is 12.1 Å². The van der Waals surface area contributed by atoms with Gasteiger partial charge in [0.15, 0.2) is 5.60 Å². The van der Waals surface area contributed by atoms with Crippen molar-refractivity contribution in [3.8, 4) is 11.3 Å². The Balaban J connectivity index is 1.34. The number of aromatic nitrogens is 1. The van der Waals surface area contributed by atoms with Gasteiger partial charge in [-0.05, 0) is 37.3 Å². The quantitative estimate of drug-likeness (QED) is 0.522. The fraction of sp³-hybridized carbons (Fsp3) is 0.231. The summed E-state index contributed by atoms with van der Waals surface area (Å²) in [6, 6.07) is 17.6. The van der Waals surface area contributed by atoms with Gasteiger partial charge in [-0.25, -0.2) is 14.6 Å². The fourth-order valence-electron chi connectivity index (χ4n) is 4.56. The molecule has 3 heterocycles. The van der Waals surface area contributed by atoms with Gasteiger partial charge in [-0.15, -0.1) is 0 Å². The smallest absolute Gasteiger partial charge is 0.412 e. The zero-order valence-corrected chi connectivity index (χ0v) is 19.7. The molecule has 0 unspecified atom stereocenters. The fourth-order valence-corrected chi connectivity index (χ4v) is 4.82. The number of hydrogen-bond donors (Lipinski definition) is 1. The van der Waals surface area contributed by atoms with Gasteiger partial charge < -0.3 is 14.4 Å². The lowest BCUT2D eigenvalue weighted by atomic mass is 9.91. The monoisotopic (exact) mass is 491 g/mol. The standard InChI is InChI=1S/C26H22ClN3O5/c1-2-34-25(33)29-22-9-5-8-21(28-22)16-10-11-18(20(27)14-16)23(31)30-13-12-26(15-30)19-7-4-3-6-17(19)24(32)35-26/h3-11,14H,2,12-13,15H2,1H3,(H,28,29,33)/t26-/m0/s1. The topological polar surface area (TPSA) is 97.8 Å². The zero-order chi connectivity index (χ0) is 24.6. The molecule has 1 aromatic heterocycles. The van der Waals surface area contributed by atoms with Gasteiger partial charge in [0.2, 0.25) is 0 Å². The van der Waals surface area contributed by atoms with Gasteiger partial charge in [-0.1, -0.05) is 41.9 Å². The number of esters is 1. The van der Waals surface area contributed by atoms with Crippen molar-refractivity contribution in [2.45, 2.75) is 18.9 Å². The van der Waals surface area contributed by atoms with Crippen molar-refractivity contribution in [3.63, 3.8) is 0 Å². The molecule has 2 aromatic carbocycles. The molecule has 2 amide bonds. The number of benzene rings is 2. The number of anilines is 1. The number of nitrogens with zero attached hydrogens (tertiary/aromatic N) is 2. The van der Waals surface area contributed by atoms with E-state index in [1.54, 1.807) is 60.4 Å². The molecule has 1 saturated heterocycles. The van der Waals surface area contributed by atoms with Crippen LogP contribution in [0.2, 0.25) is 5.02 Å². The summed E-state index contributed by atoms with van der Waals surface area (Å²) in [4.78, 5) is 43.4. The minimum atomic E-state index is -0.813. The van der Waals surface area contributed by atoms with Crippen LogP contribution < -0.4 is 5.32 Å². The summed E-state index contributed by atoms with van der Waals surface area (Å²) in [6.07, 6.45) is -0.0588. The van der Waals surface area contributed by atoms with E-state index >= 15 is 0 Å². The summed E-state index contributed by atoms with van der Waals surface area (Å²) in [6.45, 7) is 2.69. The Kier molecular flexibility index (Phi) is 5.90. The van der Waals surface area contributed by atoms with Gasteiger partial charge in [-0.3, -0.25) is 10.1 Å². The number of nitrogens with one attached hydrogen (secondary N) is 1. The Labute approximate surface area is 206 Å². The van der Waals surface area contributed by atoms with Crippen molar-refractivity contribution < 1.29 is 23.9 Å². The van der Waals surface area contributed by atoms with Crippen LogP contribution in [0.1, 0.15) is 39.6 Å². The maximum Gasteiger partial charge on any atom is 0.412 e. The number of amides is 2. The van der Waals surface area contributed by atoms with Crippen LogP contribution in [-0.2, 0) is 15.1 Å². The second kappa shape index (κ2) is 9.03. The average molecular weight is 492 g/mol. The normalized spacial score (nSPS) is 18.3. The van der Waals surface area contributed by atoms with E-state index in [1.165, 1.54) is 0 Å². The molecule has 3 aromatic rings. The summed E-state index contributed by atoms with van der Waals surface area (Å²) < 4.78 is 10.6. The van der Waals surface area contributed by atoms with E-state index in [9.17, 15) is 14.4 Å². The molecule has 2 aliphatic rings. The highest BCUT2D eigenvalue weighted by Crippen LogP contribution is 2.43. The van der Waals surface area contributed by atoms with Crippen LogP contribution in [0.15, 0.2) is 60.7 Å². The van der Waals surface area contributed by atoms with E-state index in [0.29, 0.717) is 41.2 Å². The zero-order valence-electron chi connectivity index (χ0n) is 18.9. The van der Waals surface area contributed by atoms with Gasteiger partial charge in [-0.2, -0.15) is 0 Å². The van der Waals surface area contributed by atoms with E-state index in [2.05, 4.69) is 10.3 Å². The van der Waals surface area contributed by atoms with Crippen molar-refractivity contribution in [2.24, 2.45) is 0 Å². The molecule has 35 heavy (non-hydrogen) atoms. The van der Waals surface area contributed by atoms with Crippen LogP contribution in [0.25, 0.3) is 11.3 Å². The maximum absolute atomic E-state index is 13.3. The number of fused-ring (bicyclic) bond motifs is 2. The summed E-state index contributed by atoms with van der Waals surface area (Å²) in [5, 5.41) is 2.85. The van der Waals surface area contributed by atoms with Gasteiger partial charge in [0.05, 0.1) is 35.0 Å². The number of pyridine rings is 1. The third kappa shape index (κ3) is 4.21. The first-order valence-corrected chi connectivity index (χ1v) is 11.6. The molecule has 0 saturated carbocycles. The molecule has 8 nitrogen and oxygen atoms in total. The third-order valence-electron chi connectivity index (χ3n) is 6.19. The molecular weight excluding hydrogens is 470 g/mol. The van der Waals surface area contributed by atoms with Gasteiger partial charge in [0, 0.05) is 24.1 Å². The Bertz CT molecular complexity index is 1340. The summed E-state index contributed by atoms with van der Waals surface area (Å²) in [5.74, 6) is -0.250. The number of halogens is 1. The first-order chi connectivity index (χ1) is 16.9. The lowest BCUT2D eigenvalue weighted by Gasteiger charge is -2.24. The maximum atomic E-state index is 13.3. The first-order valence-electron chi connectivity index (χ1n) is 11.2. The lowest BCUT2D eigenvalue weighted by molar-refractivity contribution is -0.00306. The van der Waals surface area contributed by atoms with Crippen molar-refractivity contribution >= 4 is 35.4 Å². The molecule has 1 atom stereocenters. The van der Waals surface area contributed by atoms with E-state index in [1.807, 2.05) is 12.1 Å². The highest BCUT2D eigenvalue weighted by Gasteiger charge is 2.51. The van der Waals surface area contributed by atoms with Crippen molar-refractivity contribution in [3.05, 3.63) is 82.4 Å². The van der Waals surface area contributed by atoms with Crippen LogP contribution in [0, 0.1) is 0 Å². The number of ether oxygens (including phenoxy) is 2. The lowest BCUT2D eigenvalue weighted by Crippen LogP contribution is -2.34. The van der Waals surface area contributed by atoms with Crippen LogP contribution in [0.4, 0.5) is 10.6 Å². The number of carbonyl (C=O) groups excluding carboxylic acids is 3. The van der Waals surface area contributed by atoms with Crippen molar-refractivity contribution in [2.75, 3.05) is 25.0 Å². The predicted molar refractivity (Wildman–Crippen MR) is 129 cm³/mol. The second-order valence-corrected chi connectivity index (χ2v) is 8.76. The second-order valence-electron chi connectivity index (χ2n) is 8.35. The molecular formula is C26H22ClN3O5.